The number of rotatable bonds is 3. The van der Waals surface area contributed by atoms with Crippen LogP contribution in [0.15, 0.2) is 36.5 Å². The van der Waals surface area contributed by atoms with Gasteiger partial charge < -0.3 is 4.90 Å². The normalized spacial score (nSPS) is 19.9. The molecule has 1 aromatic carbocycles. The number of nitrogens with zero attached hydrogens (tertiary/aromatic N) is 3. The van der Waals surface area contributed by atoms with Crippen molar-refractivity contribution in [3.63, 3.8) is 0 Å². The molecule has 0 radical (unpaired) electrons. The van der Waals surface area contributed by atoms with Gasteiger partial charge in [0.15, 0.2) is 0 Å². The van der Waals surface area contributed by atoms with Crippen molar-refractivity contribution in [1.82, 2.24) is 4.98 Å². The van der Waals surface area contributed by atoms with Crippen molar-refractivity contribution >= 4 is 11.5 Å². The standard InChI is InChI=1S/C16H12F3N3O2/c17-12-4-2-1-3-10(12)11-5-6-20-14(13(11)22(23)24)21-8-15(9-21)7-16(15,18)19/h1-6H,7-9H2. The lowest BCUT2D eigenvalue weighted by Crippen LogP contribution is -2.52. The van der Waals surface area contributed by atoms with E-state index in [0.717, 1.165) is 0 Å². The van der Waals surface area contributed by atoms with Crippen molar-refractivity contribution < 1.29 is 18.1 Å². The third kappa shape index (κ3) is 1.98. The third-order valence-corrected chi connectivity index (χ3v) is 4.75. The van der Waals surface area contributed by atoms with Crippen LogP contribution in [-0.2, 0) is 0 Å². The molecule has 1 aliphatic carbocycles. The van der Waals surface area contributed by atoms with Gasteiger partial charge in [0, 0.05) is 31.3 Å². The Morgan fingerprint density at radius 1 is 1.17 bits per heavy atom. The highest BCUT2D eigenvalue weighted by molar-refractivity contribution is 5.81. The molecule has 2 fully saturated rings. The molecule has 2 heterocycles. The van der Waals surface area contributed by atoms with E-state index in [9.17, 15) is 23.3 Å². The second-order valence-electron chi connectivity index (χ2n) is 6.29. The van der Waals surface area contributed by atoms with Crippen molar-refractivity contribution in [2.45, 2.75) is 12.3 Å². The summed E-state index contributed by atoms with van der Waals surface area (Å²) in [6.45, 7) is 0.0448. The van der Waals surface area contributed by atoms with Crippen molar-refractivity contribution in [2.24, 2.45) is 5.41 Å². The maximum atomic E-state index is 14.0. The third-order valence-electron chi connectivity index (χ3n) is 4.75. The molecule has 0 N–H and O–H groups in total. The molecule has 5 nitrogen and oxygen atoms in total. The Kier molecular flexibility index (Phi) is 2.91. The molecule has 1 saturated heterocycles. The maximum absolute atomic E-state index is 14.0. The highest BCUT2D eigenvalue weighted by Gasteiger charge is 2.76. The first kappa shape index (κ1) is 14.9. The summed E-state index contributed by atoms with van der Waals surface area (Å²) in [7, 11) is 0. The van der Waals surface area contributed by atoms with Gasteiger partial charge in [0.1, 0.15) is 5.82 Å². The monoisotopic (exact) mass is 335 g/mol. The second-order valence-corrected chi connectivity index (χ2v) is 6.29. The molecule has 2 aromatic rings. The van der Waals surface area contributed by atoms with E-state index in [1.165, 1.54) is 35.4 Å². The van der Waals surface area contributed by atoms with Gasteiger partial charge in [-0.1, -0.05) is 18.2 Å². The van der Waals surface area contributed by atoms with E-state index >= 15 is 0 Å². The van der Waals surface area contributed by atoms with Crippen LogP contribution in [0.5, 0.6) is 0 Å². The lowest BCUT2D eigenvalue weighted by Gasteiger charge is -2.40. The Morgan fingerprint density at radius 2 is 1.83 bits per heavy atom. The molecule has 1 spiro atoms. The zero-order valence-electron chi connectivity index (χ0n) is 12.4. The fourth-order valence-corrected chi connectivity index (χ4v) is 3.31. The molecule has 0 amide bonds. The number of hydrogen-bond acceptors (Lipinski definition) is 4. The molecule has 1 aromatic heterocycles. The van der Waals surface area contributed by atoms with Crippen molar-refractivity contribution in [1.29, 1.82) is 0 Å². The molecular formula is C16H12F3N3O2. The van der Waals surface area contributed by atoms with Crippen LogP contribution in [0.3, 0.4) is 0 Å². The van der Waals surface area contributed by atoms with Crippen LogP contribution in [0.4, 0.5) is 24.7 Å². The minimum atomic E-state index is -2.71. The number of anilines is 1. The number of nitro groups is 1. The molecule has 24 heavy (non-hydrogen) atoms. The molecular weight excluding hydrogens is 323 g/mol. The predicted octanol–water partition coefficient (Wildman–Crippen LogP) is 3.64. The van der Waals surface area contributed by atoms with Crippen LogP contribution >= 0.6 is 0 Å². The maximum Gasteiger partial charge on any atom is 0.319 e. The van der Waals surface area contributed by atoms with Crippen molar-refractivity contribution in [2.75, 3.05) is 18.0 Å². The van der Waals surface area contributed by atoms with E-state index in [-0.39, 0.29) is 42.1 Å². The average Bonchev–Trinajstić information content (AvgIpc) is 3.08. The van der Waals surface area contributed by atoms with Gasteiger partial charge in [0.2, 0.25) is 5.82 Å². The first-order chi connectivity index (χ1) is 11.3. The summed E-state index contributed by atoms with van der Waals surface area (Å²) >= 11 is 0. The Morgan fingerprint density at radius 3 is 2.42 bits per heavy atom. The van der Waals surface area contributed by atoms with Gasteiger partial charge in [-0.15, -0.1) is 0 Å². The summed E-state index contributed by atoms with van der Waals surface area (Å²) in [4.78, 5) is 16.4. The van der Waals surface area contributed by atoms with E-state index in [0.29, 0.717) is 0 Å². The Balaban J connectivity index is 1.76. The lowest BCUT2D eigenvalue weighted by molar-refractivity contribution is -0.383. The molecule has 0 unspecified atom stereocenters. The topological polar surface area (TPSA) is 59.3 Å². The Labute approximate surface area is 134 Å². The molecule has 2 aliphatic rings. The molecule has 8 heteroatoms. The van der Waals surface area contributed by atoms with Gasteiger partial charge >= 0.3 is 5.69 Å². The summed E-state index contributed by atoms with van der Waals surface area (Å²) in [5, 5.41) is 11.5. The molecule has 4 rings (SSSR count). The first-order valence-electron chi connectivity index (χ1n) is 7.36. The molecule has 0 bridgehead atoms. The SMILES string of the molecule is O=[N+]([O-])c1c(-c2ccccc2F)ccnc1N1CC2(C1)CC2(F)F. The van der Waals surface area contributed by atoms with Gasteiger partial charge in [-0.3, -0.25) is 10.1 Å². The lowest BCUT2D eigenvalue weighted by atomic mass is 9.95. The molecule has 1 aliphatic heterocycles. The zero-order valence-corrected chi connectivity index (χ0v) is 12.4. The van der Waals surface area contributed by atoms with Crippen LogP contribution in [0.25, 0.3) is 11.1 Å². The van der Waals surface area contributed by atoms with E-state index < -0.39 is 22.1 Å². The van der Waals surface area contributed by atoms with E-state index in [1.54, 1.807) is 6.07 Å². The number of alkyl halides is 2. The van der Waals surface area contributed by atoms with Gasteiger partial charge in [-0.2, -0.15) is 0 Å². The number of benzene rings is 1. The quantitative estimate of drug-likeness (QED) is 0.635. The highest BCUT2D eigenvalue weighted by atomic mass is 19.3. The minimum Gasteiger partial charge on any atom is -0.349 e. The number of pyridine rings is 1. The van der Waals surface area contributed by atoms with Crippen molar-refractivity contribution in [3.05, 3.63) is 52.5 Å². The first-order valence-corrected chi connectivity index (χ1v) is 7.36. The number of hydrogen-bond donors (Lipinski definition) is 0. The van der Waals surface area contributed by atoms with E-state index in [2.05, 4.69) is 4.98 Å². The van der Waals surface area contributed by atoms with Crippen LogP contribution in [0.2, 0.25) is 0 Å². The van der Waals surface area contributed by atoms with E-state index in [1.807, 2.05) is 0 Å². The summed E-state index contributed by atoms with van der Waals surface area (Å²) < 4.78 is 40.7. The number of aromatic nitrogens is 1. The van der Waals surface area contributed by atoms with Gasteiger partial charge in [0.05, 0.1) is 15.9 Å². The van der Waals surface area contributed by atoms with Crippen LogP contribution in [0.1, 0.15) is 6.42 Å². The van der Waals surface area contributed by atoms with Crippen LogP contribution in [-0.4, -0.2) is 28.9 Å². The molecule has 124 valence electrons. The second kappa shape index (κ2) is 4.68. The van der Waals surface area contributed by atoms with Gasteiger partial charge in [0.25, 0.3) is 5.92 Å². The fourth-order valence-electron chi connectivity index (χ4n) is 3.31. The summed E-state index contributed by atoms with van der Waals surface area (Å²) in [5.41, 5.74) is -1.26. The summed E-state index contributed by atoms with van der Waals surface area (Å²) in [6.07, 6.45) is 1.14. The highest BCUT2D eigenvalue weighted by Crippen LogP contribution is 2.66. The Bertz CT molecular complexity index is 850. The predicted molar refractivity (Wildman–Crippen MR) is 80.5 cm³/mol. The number of halogens is 3. The molecule has 0 atom stereocenters. The van der Waals surface area contributed by atoms with E-state index in [4.69, 9.17) is 0 Å². The summed E-state index contributed by atoms with van der Waals surface area (Å²) in [5.74, 6) is -3.29. The minimum absolute atomic E-state index is 0.00841. The van der Waals surface area contributed by atoms with Crippen molar-refractivity contribution in [3.8, 4) is 11.1 Å². The van der Waals surface area contributed by atoms with Gasteiger partial charge in [-0.05, 0) is 12.1 Å². The zero-order chi connectivity index (χ0) is 17.1. The van der Waals surface area contributed by atoms with Crippen LogP contribution in [0, 0.1) is 21.3 Å². The summed E-state index contributed by atoms with van der Waals surface area (Å²) in [6, 6.07) is 7.07. The van der Waals surface area contributed by atoms with Crippen LogP contribution < -0.4 is 4.90 Å². The average molecular weight is 335 g/mol. The largest absolute Gasteiger partial charge is 0.349 e. The Hall–Kier alpha value is -2.64. The smallest absolute Gasteiger partial charge is 0.319 e. The van der Waals surface area contributed by atoms with Gasteiger partial charge in [-0.25, -0.2) is 18.2 Å². The molecule has 1 saturated carbocycles. The fraction of sp³-hybridized carbons (Fsp3) is 0.312.